The number of hydrogen-bond donors (Lipinski definition) is 0. The Labute approximate surface area is 69.2 Å². The third-order valence-corrected chi connectivity index (χ3v) is 1.14. The molecule has 0 saturated heterocycles. The number of carbonyl (C=O) groups excluding carboxylic acids is 1. The van der Waals surface area contributed by atoms with Gasteiger partial charge in [0.2, 0.25) is 0 Å². The SMILES string of the molecule is CC#N.CC(C)C(=O)C(C)C. The second-order valence-electron chi connectivity index (χ2n) is 2.94. The summed E-state index contributed by atoms with van der Waals surface area (Å²) in [7, 11) is 0. The molecule has 11 heavy (non-hydrogen) atoms. The number of hydrogen-bond acceptors (Lipinski definition) is 2. The van der Waals surface area contributed by atoms with E-state index in [-0.39, 0.29) is 11.8 Å². The summed E-state index contributed by atoms with van der Waals surface area (Å²) in [6, 6.07) is 1.75. The van der Waals surface area contributed by atoms with Crippen LogP contribution in [0.1, 0.15) is 34.6 Å². The molecule has 0 aromatic heterocycles. The smallest absolute Gasteiger partial charge is 0.137 e. The summed E-state index contributed by atoms with van der Waals surface area (Å²) in [6.45, 7) is 9.16. The topological polar surface area (TPSA) is 40.9 Å². The van der Waals surface area contributed by atoms with Crippen LogP contribution in [0, 0.1) is 23.2 Å². The Bertz CT molecular complexity index is 132. The molecule has 0 fully saturated rings. The van der Waals surface area contributed by atoms with Gasteiger partial charge in [0.25, 0.3) is 0 Å². The van der Waals surface area contributed by atoms with E-state index in [4.69, 9.17) is 5.26 Å². The molecule has 2 heteroatoms. The second-order valence-corrected chi connectivity index (χ2v) is 2.94. The first kappa shape index (κ1) is 12.8. The molecule has 0 heterocycles. The van der Waals surface area contributed by atoms with Crippen molar-refractivity contribution in [2.75, 3.05) is 0 Å². The van der Waals surface area contributed by atoms with E-state index in [1.54, 1.807) is 6.07 Å². The molecule has 0 N–H and O–H groups in total. The molecule has 0 unspecified atom stereocenters. The predicted octanol–water partition coefficient (Wildman–Crippen LogP) is 2.40. The molecule has 64 valence electrons. The van der Waals surface area contributed by atoms with Crippen molar-refractivity contribution in [2.24, 2.45) is 11.8 Å². The van der Waals surface area contributed by atoms with Gasteiger partial charge in [0, 0.05) is 18.8 Å². The lowest BCUT2D eigenvalue weighted by Gasteiger charge is -2.05. The summed E-state index contributed by atoms with van der Waals surface area (Å²) in [5, 5.41) is 7.32. The van der Waals surface area contributed by atoms with Crippen LogP contribution in [0.15, 0.2) is 0 Å². The van der Waals surface area contributed by atoms with E-state index in [9.17, 15) is 4.79 Å². The van der Waals surface area contributed by atoms with Crippen LogP contribution in [0.3, 0.4) is 0 Å². The van der Waals surface area contributed by atoms with Crippen LogP contribution in [0.25, 0.3) is 0 Å². The van der Waals surface area contributed by atoms with E-state index < -0.39 is 0 Å². The zero-order valence-electron chi connectivity index (χ0n) is 8.01. The van der Waals surface area contributed by atoms with Gasteiger partial charge in [-0.05, 0) is 0 Å². The van der Waals surface area contributed by atoms with Crippen LogP contribution in [0.4, 0.5) is 0 Å². The summed E-state index contributed by atoms with van der Waals surface area (Å²) < 4.78 is 0. The molecule has 0 aliphatic heterocycles. The van der Waals surface area contributed by atoms with Crippen molar-refractivity contribution >= 4 is 5.78 Å². The number of nitrogens with zero attached hydrogens (tertiary/aromatic N) is 1. The lowest BCUT2D eigenvalue weighted by atomic mass is 9.99. The number of Topliss-reactive ketones (excluding diaryl/α,β-unsaturated/α-hetero) is 1. The first-order valence-electron chi connectivity index (χ1n) is 3.81. The quantitative estimate of drug-likeness (QED) is 0.614. The lowest BCUT2D eigenvalue weighted by molar-refractivity contribution is -0.124. The van der Waals surface area contributed by atoms with Crippen molar-refractivity contribution in [3.05, 3.63) is 0 Å². The third-order valence-electron chi connectivity index (χ3n) is 1.14. The van der Waals surface area contributed by atoms with Gasteiger partial charge in [0.1, 0.15) is 5.78 Å². The molecule has 0 aliphatic carbocycles. The van der Waals surface area contributed by atoms with Crippen molar-refractivity contribution < 1.29 is 4.79 Å². The zero-order valence-corrected chi connectivity index (χ0v) is 8.01. The van der Waals surface area contributed by atoms with Gasteiger partial charge in [0.05, 0.1) is 6.07 Å². The Morgan fingerprint density at radius 2 is 1.36 bits per heavy atom. The molecular formula is C9H17NO. The van der Waals surface area contributed by atoms with Crippen LogP contribution in [0.2, 0.25) is 0 Å². The van der Waals surface area contributed by atoms with E-state index >= 15 is 0 Å². The largest absolute Gasteiger partial charge is 0.299 e. The Hall–Kier alpha value is -0.840. The minimum absolute atomic E-state index is 0.204. The average Bonchev–Trinajstić information content (AvgIpc) is 1.87. The standard InChI is InChI=1S/C7H14O.C2H3N/c1-5(2)7(8)6(3)4;1-2-3/h5-6H,1-4H3;1H3. The maximum Gasteiger partial charge on any atom is 0.137 e. The van der Waals surface area contributed by atoms with Crippen molar-refractivity contribution in [1.82, 2.24) is 0 Å². The normalized spacial score (nSPS) is 8.55. The summed E-state index contributed by atoms with van der Waals surface area (Å²) in [4.78, 5) is 10.8. The molecular weight excluding hydrogens is 138 g/mol. The highest BCUT2D eigenvalue weighted by Crippen LogP contribution is 2.03. The number of rotatable bonds is 2. The maximum absolute atomic E-state index is 10.8. The van der Waals surface area contributed by atoms with E-state index in [1.165, 1.54) is 6.92 Å². The number of carbonyl (C=O) groups is 1. The first-order valence-corrected chi connectivity index (χ1v) is 3.81. The van der Waals surface area contributed by atoms with Gasteiger partial charge in [-0.2, -0.15) is 5.26 Å². The fraction of sp³-hybridized carbons (Fsp3) is 0.778. The zero-order chi connectivity index (χ0) is 9.44. The molecule has 0 rings (SSSR count). The highest BCUT2D eigenvalue weighted by atomic mass is 16.1. The molecule has 0 radical (unpaired) electrons. The Morgan fingerprint density at radius 1 is 1.18 bits per heavy atom. The molecule has 2 nitrogen and oxygen atoms in total. The Kier molecular flexibility index (Phi) is 8.46. The molecule has 0 atom stereocenters. The van der Waals surface area contributed by atoms with Gasteiger partial charge in [-0.25, -0.2) is 0 Å². The highest BCUT2D eigenvalue weighted by molar-refractivity contribution is 5.81. The third kappa shape index (κ3) is 9.16. The van der Waals surface area contributed by atoms with E-state index in [0.717, 1.165) is 0 Å². The van der Waals surface area contributed by atoms with Crippen LogP contribution in [-0.4, -0.2) is 5.78 Å². The second kappa shape index (κ2) is 7.27. The molecule has 0 saturated carbocycles. The minimum Gasteiger partial charge on any atom is -0.299 e. The molecule has 0 bridgehead atoms. The number of nitriles is 1. The highest BCUT2D eigenvalue weighted by Gasteiger charge is 2.09. The van der Waals surface area contributed by atoms with Crippen LogP contribution < -0.4 is 0 Å². The molecule has 0 aliphatic rings. The monoisotopic (exact) mass is 155 g/mol. The van der Waals surface area contributed by atoms with Gasteiger partial charge in [-0.15, -0.1) is 0 Å². The van der Waals surface area contributed by atoms with E-state index in [2.05, 4.69) is 0 Å². The van der Waals surface area contributed by atoms with Crippen molar-refractivity contribution in [3.63, 3.8) is 0 Å². The summed E-state index contributed by atoms with van der Waals surface area (Å²) in [6.07, 6.45) is 0. The fourth-order valence-corrected chi connectivity index (χ4v) is 0.667. The van der Waals surface area contributed by atoms with Crippen molar-refractivity contribution in [2.45, 2.75) is 34.6 Å². The molecule has 0 aromatic rings. The Morgan fingerprint density at radius 3 is 1.36 bits per heavy atom. The fourth-order valence-electron chi connectivity index (χ4n) is 0.667. The molecule has 0 spiro atoms. The van der Waals surface area contributed by atoms with Gasteiger partial charge >= 0.3 is 0 Å². The summed E-state index contributed by atoms with van der Waals surface area (Å²) in [5.74, 6) is 0.759. The predicted molar refractivity (Wildman–Crippen MR) is 46.0 cm³/mol. The molecule has 0 aromatic carbocycles. The van der Waals surface area contributed by atoms with Crippen LogP contribution >= 0.6 is 0 Å². The van der Waals surface area contributed by atoms with E-state index in [1.807, 2.05) is 27.7 Å². The van der Waals surface area contributed by atoms with Gasteiger partial charge in [-0.1, -0.05) is 27.7 Å². The van der Waals surface area contributed by atoms with Crippen LogP contribution in [-0.2, 0) is 4.79 Å². The van der Waals surface area contributed by atoms with Gasteiger partial charge in [-0.3, -0.25) is 4.79 Å². The summed E-state index contributed by atoms with van der Waals surface area (Å²) in [5.41, 5.74) is 0. The van der Waals surface area contributed by atoms with Crippen LogP contribution in [0.5, 0.6) is 0 Å². The van der Waals surface area contributed by atoms with Gasteiger partial charge in [0.15, 0.2) is 0 Å². The minimum atomic E-state index is 0.204. The van der Waals surface area contributed by atoms with E-state index in [0.29, 0.717) is 5.78 Å². The molecule has 0 amide bonds. The first-order chi connectivity index (χ1) is 4.97. The average molecular weight is 155 g/mol. The van der Waals surface area contributed by atoms with Crippen molar-refractivity contribution in [1.29, 1.82) is 5.26 Å². The Balaban J connectivity index is 0. The van der Waals surface area contributed by atoms with Gasteiger partial charge < -0.3 is 0 Å². The van der Waals surface area contributed by atoms with Crippen molar-refractivity contribution in [3.8, 4) is 6.07 Å². The lowest BCUT2D eigenvalue weighted by Crippen LogP contribution is -2.13. The maximum atomic E-state index is 10.8. The summed E-state index contributed by atoms with van der Waals surface area (Å²) >= 11 is 0. The number of ketones is 1.